The van der Waals surface area contributed by atoms with Gasteiger partial charge in [0, 0.05) is 33.8 Å². The number of benzene rings is 2. The summed E-state index contributed by atoms with van der Waals surface area (Å²) in [6.45, 7) is -0.716. The Labute approximate surface area is 297 Å². The molecule has 6 aliphatic rings. The molecule has 0 aliphatic heterocycles. The summed E-state index contributed by atoms with van der Waals surface area (Å²) in [5, 5.41) is 10.0. The molecule has 1 amide bonds. The van der Waals surface area contributed by atoms with Gasteiger partial charge in [0.25, 0.3) is 5.91 Å². The molecule has 2 aromatic rings. The van der Waals surface area contributed by atoms with Crippen molar-refractivity contribution in [3.8, 4) is 11.5 Å². The van der Waals surface area contributed by atoms with Crippen LogP contribution in [0.4, 0.5) is 0 Å². The Bertz CT molecular complexity index is 1740. The summed E-state index contributed by atoms with van der Waals surface area (Å²) < 4.78 is 10.7. The van der Waals surface area contributed by atoms with Crippen molar-refractivity contribution in [1.82, 2.24) is 0 Å². The van der Waals surface area contributed by atoms with E-state index < -0.39 is 18.5 Å². The first kappa shape index (κ1) is 33.5. The highest BCUT2D eigenvalue weighted by molar-refractivity contribution is 6.45. The van der Waals surface area contributed by atoms with Crippen molar-refractivity contribution in [1.29, 1.82) is 0 Å². The zero-order valence-electron chi connectivity index (χ0n) is 25.9. The molecule has 6 aliphatic carbocycles. The fourth-order valence-corrected chi connectivity index (χ4v) is 10.1. The Morgan fingerprint density at radius 1 is 0.750 bits per heavy atom. The number of aliphatic carboxylic acids is 1. The molecule has 0 heterocycles. The van der Waals surface area contributed by atoms with Crippen molar-refractivity contribution in [3.05, 3.63) is 66.6 Å². The molecule has 12 heteroatoms. The molecule has 0 saturated heterocycles. The van der Waals surface area contributed by atoms with Crippen LogP contribution < -0.4 is 15.2 Å². The van der Waals surface area contributed by atoms with E-state index >= 15 is 0 Å². The molecule has 4 atom stereocenters. The van der Waals surface area contributed by atoms with Crippen LogP contribution in [0.3, 0.4) is 0 Å². The summed E-state index contributed by atoms with van der Waals surface area (Å²) in [6, 6.07) is 3.63. The molecule has 0 radical (unpaired) electrons. The lowest BCUT2D eigenvalue weighted by molar-refractivity contribution is -0.139. The summed E-state index contributed by atoms with van der Waals surface area (Å²) in [5.41, 5.74) is 10.9. The number of ether oxygens (including phenoxy) is 2. The molecule has 8 rings (SSSR count). The van der Waals surface area contributed by atoms with E-state index in [0.717, 1.165) is 97.6 Å². The van der Waals surface area contributed by atoms with Crippen LogP contribution in [0.15, 0.2) is 24.3 Å². The zero-order valence-corrected chi connectivity index (χ0v) is 29.0. The van der Waals surface area contributed by atoms with Gasteiger partial charge in [-0.05, 0) is 97.9 Å². The Morgan fingerprint density at radius 2 is 1.19 bits per heavy atom. The number of hydrogen-bond donors (Lipinski definition) is 2. The van der Waals surface area contributed by atoms with Gasteiger partial charge in [-0.25, -0.2) is 4.79 Å². The van der Waals surface area contributed by atoms with Gasteiger partial charge in [0.15, 0.2) is 24.8 Å². The number of allylic oxidation sites excluding steroid dienone is 4. The van der Waals surface area contributed by atoms with Crippen LogP contribution in [0.1, 0.15) is 73.6 Å². The number of carbonyl (C=O) groups is 4. The predicted molar refractivity (Wildman–Crippen MR) is 183 cm³/mol. The number of halogens is 4. The van der Waals surface area contributed by atoms with Crippen LogP contribution in [0.25, 0.3) is 11.1 Å². The van der Waals surface area contributed by atoms with E-state index in [-0.39, 0.29) is 56.6 Å². The van der Waals surface area contributed by atoms with Crippen LogP contribution in [-0.4, -0.2) is 41.8 Å². The number of primary amides is 1. The lowest BCUT2D eigenvalue weighted by Gasteiger charge is -2.42. The zero-order chi connectivity index (χ0) is 34.1. The Morgan fingerprint density at radius 3 is 1.60 bits per heavy atom. The minimum absolute atomic E-state index is 0.00552. The maximum atomic E-state index is 12.4. The summed E-state index contributed by atoms with van der Waals surface area (Å²) >= 11 is 25.6. The third-order valence-corrected chi connectivity index (χ3v) is 12.7. The number of carboxylic acid groups (broad SMARTS) is 1. The first-order valence-corrected chi connectivity index (χ1v) is 17.6. The van der Waals surface area contributed by atoms with Gasteiger partial charge in [-0.2, -0.15) is 0 Å². The monoisotopic (exact) mass is 731 g/mol. The molecule has 4 unspecified atom stereocenters. The molecule has 0 aromatic heterocycles. The highest BCUT2D eigenvalue weighted by Gasteiger charge is 2.51. The second-order valence-electron chi connectivity index (χ2n) is 13.9. The third-order valence-electron chi connectivity index (χ3n) is 11.0. The Kier molecular flexibility index (Phi) is 8.63. The van der Waals surface area contributed by atoms with E-state index in [1.54, 1.807) is 18.2 Å². The van der Waals surface area contributed by atoms with Crippen molar-refractivity contribution < 1.29 is 33.8 Å². The average Bonchev–Trinajstić information content (AvgIpc) is 3.50. The standard InChI is InChI=1S/C18H17Cl2NO3.C18H16Cl2O4/c19-16-13(24-8-14(21)23)4-10-7-18-3-1-2-9(6-18)12(22)5-11(18)15(10)17(16)20;19-16-13(24-8-14(22)23)4-10-7-18-3-1-2-9(6-18)12(21)5-11(18)15(10)17(16)20/h4-5,9H,1-3,6-8H2,(H2,21,23);4-5,9H,1-3,6-8H2,(H,22,23). The second kappa shape index (κ2) is 12.4. The van der Waals surface area contributed by atoms with E-state index in [1.807, 2.05) is 6.07 Å². The van der Waals surface area contributed by atoms with Crippen molar-refractivity contribution in [3.63, 3.8) is 0 Å². The van der Waals surface area contributed by atoms with Crippen LogP contribution in [-0.2, 0) is 32.0 Å². The van der Waals surface area contributed by atoms with E-state index in [4.69, 9.17) is 66.7 Å². The predicted octanol–water partition coefficient (Wildman–Crippen LogP) is 7.71. The molecule has 4 bridgehead atoms. The van der Waals surface area contributed by atoms with Gasteiger partial charge < -0.3 is 20.3 Å². The minimum Gasteiger partial charge on any atom is -0.482 e. The van der Waals surface area contributed by atoms with Gasteiger partial charge >= 0.3 is 5.97 Å². The maximum absolute atomic E-state index is 12.4. The highest BCUT2D eigenvalue weighted by Crippen LogP contribution is 2.62. The van der Waals surface area contributed by atoms with Crippen LogP contribution in [0.2, 0.25) is 20.1 Å². The van der Waals surface area contributed by atoms with Gasteiger partial charge in [0.2, 0.25) is 0 Å². The maximum Gasteiger partial charge on any atom is 0.341 e. The number of rotatable bonds is 6. The molecule has 2 aromatic carbocycles. The number of carbonyl (C=O) groups excluding carboxylic acids is 3. The molecule has 8 nitrogen and oxygen atoms in total. The van der Waals surface area contributed by atoms with Crippen molar-refractivity contribution >= 4 is 81.0 Å². The summed E-state index contributed by atoms with van der Waals surface area (Å²) in [4.78, 5) is 46.4. The van der Waals surface area contributed by atoms with Crippen LogP contribution in [0.5, 0.6) is 11.5 Å². The Balaban J connectivity index is 0.000000152. The summed E-state index contributed by atoms with van der Waals surface area (Å²) in [7, 11) is 0. The molecular weight excluding hydrogens is 700 g/mol. The van der Waals surface area contributed by atoms with E-state index in [0.29, 0.717) is 15.8 Å². The number of carboxylic acids is 1. The number of ketones is 2. The van der Waals surface area contributed by atoms with Gasteiger partial charge in [0.05, 0.1) is 10.0 Å². The topological polar surface area (TPSA) is 133 Å². The van der Waals surface area contributed by atoms with Crippen molar-refractivity contribution in [2.45, 2.75) is 64.2 Å². The first-order chi connectivity index (χ1) is 22.8. The van der Waals surface area contributed by atoms with E-state index in [2.05, 4.69) is 0 Å². The van der Waals surface area contributed by atoms with Gasteiger partial charge in [-0.3, -0.25) is 14.4 Å². The molecule has 48 heavy (non-hydrogen) atoms. The van der Waals surface area contributed by atoms with Gasteiger partial charge in [-0.15, -0.1) is 0 Å². The molecule has 252 valence electrons. The molecule has 2 fully saturated rings. The second-order valence-corrected chi connectivity index (χ2v) is 15.4. The quantitative estimate of drug-likeness (QED) is 0.311. The van der Waals surface area contributed by atoms with E-state index in [9.17, 15) is 19.2 Å². The lowest BCUT2D eigenvalue weighted by Crippen LogP contribution is -2.35. The fraction of sp³-hybridized carbons (Fsp3) is 0.444. The van der Waals surface area contributed by atoms with Gasteiger partial charge in [-0.1, -0.05) is 59.2 Å². The largest absolute Gasteiger partial charge is 0.482 e. The number of hydrogen-bond acceptors (Lipinski definition) is 6. The van der Waals surface area contributed by atoms with Crippen LogP contribution >= 0.6 is 46.4 Å². The normalized spacial score (nSPS) is 27.3. The van der Waals surface area contributed by atoms with Gasteiger partial charge in [0.1, 0.15) is 21.5 Å². The smallest absolute Gasteiger partial charge is 0.341 e. The molecule has 2 saturated carbocycles. The highest BCUT2D eigenvalue weighted by atomic mass is 35.5. The SMILES string of the molecule is NC(=O)COc1cc2c(c(Cl)c1Cl)C1=CC(=O)C3CCCC1(C2)C3.O=C(O)COc1cc2c(c(Cl)c1Cl)C1=CC(=O)C3CCCC1(C2)C3. The fourth-order valence-electron chi connectivity index (χ4n) is 9.11. The average molecular weight is 733 g/mol. The van der Waals surface area contributed by atoms with E-state index in [1.165, 1.54) is 0 Å². The Hall–Kier alpha value is -3.04. The van der Waals surface area contributed by atoms with Crippen molar-refractivity contribution in [2.24, 2.45) is 28.4 Å². The summed E-state index contributed by atoms with van der Waals surface area (Å²) in [6.07, 6.45) is 13.1. The molecule has 3 N–H and O–H groups in total. The third kappa shape index (κ3) is 5.53. The van der Waals surface area contributed by atoms with Crippen LogP contribution in [0, 0.1) is 22.7 Å². The first-order valence-electron chi connectivity index (χ1n) is 16.1. The minimum atomic E-state index is -1.07. The lowest BCUT2D eigenvalue weighted by atomic mass is 9.61. The van der Waals surface area contributed by atoms with Crippen molar-refractivity contribution in [2.75, 3.05) is 13.2 Å². The number of nitrogens with two attached hydrogens (primary N) is 1. The molecular formula is C36H33Cl4NO7. The number of fused-ring (bicyclic) bond motifs is 6. The molecule has 2 spiro atoms. The number of amides is 1. The summed E-state index contributed by atoms with van der Waals surface area (Å²) in [5.74, 6) is -0.339.